The lowest BCUT2D eigenvalue weighted by atomic mass is 10.0. The van der Waals surface area contributed by atoms with Gasteiger partial charge in [-0.25, -0.2) is 0 Å². The molecule has 6 heteroatoms. The summed E-state index contributed by atoms with van der Waals surface area (Å²) in [4.78, 5) is 12.3. The van der Waals surface area contributed by atoms with Gasteiger partial charge in [-0.1, -0.05) is 62.0 Å². The van der Waals surface area contributed by atoms with Gasteiger partial charge in [0.25, 0.3) is 0 Å². The molecule has 156 valence electrons. The van der Waals surface area contributed by atoms with E-state index in [2.05, 4.69) is 53.3 Å². The predicted molar refractivity (Wildman–Crippen MR) is 125 cm³/mol. The summed E-state index contributed by atoms with van der Waals surface area (Å²) in [5.74, 6) is 0.756. The molecule has 3 rings (SSSR count). The highest BCUT2D eigenvalue weighted by atomic mass is 32.2. The Balaban J connectivity index is 1.52. The zero-order valence-electron chi connectivity index (χ0n) is 17.2. The zero-order valence-corrected chi connectivity index (χ0v) is 18.0. The SMILES string of the molecule is C=CCOc1ccc(/C=N\N=C2\NC(=O)[C@@H](Cc3ccc(CCCC)cc3)S2)cc1. The van der Waals surface area contributed by atoms with Crippen molar-refractivity contribution in [3.8, 4) is 5.75 Å². The Bertz CT molecular complexity index is 905. The van der Waals surface area contributed by atoms with Crippen molar-refractivity contribution < 1.29 is 9.53 Å². The number of ether oxygens (including phenoxy) is 1. The van der Waals surface area contributed by atoms with Crippen LogP contribution in [0.5, 0.6) is 5.75 Å². The molecule has 0 saturated carbocycles. The molecule has 2 aromatic rings. The number of aryl methyl sites for hydroxylation is 1. The molecule has 1 N–H and O–H groups in total. The monoisotopic (exact) mass is 421 g/mol. The number of amides is 1. The van der Waals surface area contributed by atoms with Gasteiger partial charge in [0.2, 0.25) is 5.91 Å². The Labute approximate surface area is 182 Å². The summed E-state index contributed by atoms with van der Waals surface area (Å²) in [6.07, 6.45) is 7.54. The first-order chi connectivity index (χ1) is 14.7. The molecule has 1 atom stereocenters. The Morgan fingerprint density at radius 1 is 1.13 bits per heavy atom. The molecule has 1 aliphatic heterocycles. The van der Waals surface area contributed by atoms with E-state index >= 15 is 0 Å². The Kier molecular flexibility index (Phi) is 8.27. The number of hydrogen-bond donors (Lipinski definition) is 1. The fourth-order valence-electron chi connectivity index (χ4n) is 2.98. The van der Waals surface area contributed by atoms with Crippen molar-refractivity contribution in [1.29, 1.82) is 0 Å². The van der Waals surface area contributed by atoms with Crippen LogP contribution in [0.3, 0.4) is 0 Å². The second kappa shape index (κ2) is 11.4. The maximum absolute atomic E-state index is 12.3. The van der Waals surface area contributed by atoms with Gasteiger partial charge in [-0.05, 0) is 60.2 Å². The van der Waals surface area contributed by atoms with Gasteiger partial charge in [-0.2, -0.15) is 5.10 Å². The molecule has 0 aliphatic carbocycles. The van der Waals surface area contributed by atoms with Crippen LogP contribution in [0, 0.1) is 0 Å². The molecular weight excluding hydrogens is 394 g/mol. The van der Waals surface area contributed by atoms with Crippen LogP contribution in [0.25, 0.3) is 0 Å². The second-order valence-corrected chi connectivity index (χ2v) is 8.23. The summed E-state index contributed by atoms with van der Waals surface area (Å²) in [7, 11) is 0. The number of hydrogen-bond acceptors (Lipinski definition) is 5. The summed E-state index contributed by atoms with van der Waals surface area (Å²) in [5.41, 5.74) is 3.41. The first kappa shape index (κ1) is 21.8. The van der Waals surface area contributed by atoms with Crippen molar-refractivity contribution >= 4 is 29.1 Å². The van der Waals surface area contributed by atoms with E-state index in [1.54, 1.807) is 12.3 Å². The van der Waals surface area contributed by atoms with Crippen molar-refractivity contribution in [2.45, 2.75) is 37.9 Å². The van der Waals surface area contributed by atoms with Crippen LogP contribution < -0.4 is 10.1 Å². The fourth-order valence-corrected chi connectivity index (χ4v) is 3.94. The topological polar surface area (TPSA) is 63.1 Å². The van der Waals surface area contributed by atoms with Crippen LogP contribution in [0.4, 0.5) is 0 Å². The third-order valence-corrected chi connectivity index (χ3v) is 5.72. The molecule has 0 aromatic heterocycles. The largest absolute Gasteiger partial charge is 0.490 e. The third-order valence-electron chi connectivity index (χ3n) is 4.64. The minimum absolute atomic E-state index is 0.0206. The van der Waals surface area contributed by atoms with Crippen LogP contribution in [0.1, 0.15) is 36.5 Å². The van der Waals surface area contributed by atoms with E-state index in [1.165, 1.54) is 30.2 Å². The lowest BCUT2D eigenvalue weighted by Crippen LogP contribution is -2.25. The van der Waals surface area contributed by atoms with E-state index in [1.807, 2.05) is 24.3 Å². The third kappa shape index (κ3) is 6.59. The van der Waals surface area contributed by atoms with E-state index in [4.69, 9.17) is 4.74 Å². The lowest BCUT2D eigenvalue weighted by molar-refractivity contribution is -0.118. The maximum Gasteiger partial charge on any atom is 0.239 e. The molecule has 0 spiro atoms. The standard InChI is InChI=1S/C24H27N3O2S/c1-3-5-6-18-7-9-19(10-8-18)16-22-23(28)26-24(30-22)27-25-17-20-11-13-21(14-12-20)29-15-4-2/h4,7-14,17,22H,2-3,5-6,15-16H2,1H3,(H,26,27,28)/b25-17-/t22-/m1/s1. The minimum atomic E-state index is -0.179. The van der Waals surface area contributed by atoms with Gasteiger partial charge in [0.05, 0.1) is 11.5 Å². The molecule has 0 bridgehead atoms. The number of thioether (sulfide) groups is 1. The van der Waals surface area contributed by atoms with E-state index in [0.717, 1.165) is 23.3 Å². The number of unbranched alkanes of at least 4 members (excludes halogenated alkanes) is 1. The highest BCUT2D eigenvalue weighted by molar-refractivity contribution is 8.15. The molecule has 2 aromatic carbocycles. The van der Waals surface area contributed by atoms with Crippen LogP contribution in [-0.2, 0) is 17.6 Å². The van der Waals surface area contributed by atoms with E-state index in [9.17, 15) is 4.79 Å². The van der Waals surface area contributed by atoms with E-state index in [-0.39, 0.29) is 11.2 Å². The molecule has 1 amide bonds. The summed E-state index contributed by atoms with van der Waals surface area (Å²) in [6.45, 7) is 6.30. The average Bonchev–Trinajstić information content (AvgIpc) is 3.11. The van der Waals surface area contributed by atoms with E-state index < -0.39 is 0 Å². The van der Waals surface area contributed by atoms with Crippen LogP contribution in [-0.4, -0.2) is 29.1 Å². The van der Waals surface area contributed by atoms with E-state index in [0.29, 0.717) is 18.2 Å². The predicted octanol–water partition coefficient (Wildman–Crippen LogP) is 4.76. The quantitative estimate of drug-likeness (QED) is 0.342. The molecule has 0 radical (unpaired) electrons. The number of nitrogens with zero attached hydrogens (tertiary/aromatic N) is 2. The normalized spacial score (nSPS) is 17.4. The highest BCUT2D eigenvalue weighted by Crippen LogP contribution is 2.23. The minimum Gasteiger partial charge on any atom is -0.490 e. The van der Waals surface area contributed by atoms with Crippen molar-refractivity contribution in [2.24, 2.45) is 10.2 Å². The van der Waals surface area contributed by atoms with Crippen molar-refractivity contribution in [1.82, 2.24) is 5.32 Å². The van der Waals surface area contributed by atoms with Crippen LogP contribution in [0.15, 0.2) is 71.4 Å². The summed E-state index contributed by atoms with van der Waals surface area (Å²) in [5, 5.41) is 11.4. The second-order valence-electron chi connectivity index (χ2n) is 7.04. The molecule has 1 saturated heterocycles. The molecular formula is C24H27N3O2S. The molecule has 1 heterocycles. The molecule has 1 fully saturated rings. The molecule has 0 unspecified atom stereocenters. The molecule has 1 aliphatic rings. The first-order valence-corrected chi connectivity index (χ1v) is 11.1. The summed E-state index contributed by atoms with van der Waals surface area (Å²) < 4.78 is 5.45. The lowest BCUT2D eigenvalue weighted by Gasteiger charge is -2.06. The van der Waals surface area contributed by atoms with Crippen molar-refractivity contribution in [3.63, 3.8) is 0 Å². The number of nitrogens with one attached hydrogen (secondary N) is 1. The van der Waals surface area contributed by atoms with Crippen LogP contribution in [0.2, 0.25) is 0 Å². The van der Waals surface area contributed by atoms with Gasteiger partial charge in [0.15, 0.2) is 5.17 Å². The molecule has 5 nitrogen and oxygen atoms in total. The Morgan fingerprint density at radius 2 is 1.87 bits per heavy atom. The van der Waals surface area contributed by atoms with Gasteiger partial charge >= 0.3 is 0 Å². The number of amidine groups is 1. The van der Waals surface area contributed by atoms with Gasteiger partial charge in [-0.15, -0.1) is 5.10 Å². The van der Waals surface area contributed by atoms with Crippen LogP contribution >= 0.6 is 11.8 Å². The van der Waals surface area contributed by atoms with Gasteiger partial charge in [0.1, 0.15) is 12.4 Å². The summed E-state index contributed by atoms with van der Waals surface area (Å²) in [6, 6.07) is 16.1. The van der Waals surface area contributed by atoms with Crippen molar-refractivity contribution in [2.75, 3.05) is 6.61 Å². The Morgan fingerprint density at radius 3 is 2.57 bits per heavy atom. The van der Waals surface area contributed by atoms with Crippen molar-refractivity contribution in [3.05, 3.63) is 77.9 Å². The van der Waals surface area contributed by atoms with Gasteiger partial charge in [0, 0.05) is 0 Å². The maximum atomic E-state index is 12.3. The summed E-state index contributed by atoms with van der Waals surface area (Å²) >= 11 is 1.42. The number of rotatable bonds is 10. The number of carbonyl (C=O) groups excluding carboxylic acids is 1. The fraction of sp³-hybridized carbons (Fsp3) is 0.292. The smallest absolute Gasteiger partial charge is 0.239 e. The number of carbonyl (C=O) groups is 1. The Hall–Kier alpha value is -2.86. The number of benzene rings is 2. The average molecular weight is 422 g/mol. The first-order valence-electron chi connectivity index (χ1n) is 10.2. The van der Waals surface area contributed by atoms with Gasteiger partial charge in [-0.3, -0.25) is 4.79 Å². The zero-order chi connectivity index (χ0) is 21.2. The molecule has 30 heavy (non-hydrogen) atoms. The van der Waals surface area contributed by atoms with Gasteiger partial charge < -0.3 is 10.1 Å². The highest BCUT2D eigenvalue weighted by Gasteiger charge is 2.30.